The molecular weight excluding hydrogens is 239 g/mol. The molecule has 0 heterocycles. The quantitative estimate of drug-likeness (QED) is 0.895. The van der Waals surface area contributed by atoms with E-state index < -0.39 is 0 Å². The second kappa shape index (κ2) is 5.49. The molecule has 108 valence electrons. The lowest BCUT2D eigenvalue weighted by Crippen LogP contribution is -2.40. The van der Waals surface area contributed by atoms with E-state index in [1.165, 1.54) is 0 Å². The molecule has 0 aromatic heterocycles. The van der Waals surface area contributed by atoms with E-state index in [2.05, 4.69) is 39.6 Å². The molecule has 19 heavy (non-hydrogen) atoms. The first-order valence-corrected chi connectivity index (χ1v) is 6.84. The number of nitrogens with two attached hydrogens (primary N) is 1. The van der Waals surface area contributed by atoms with Gasteiger partial charge in [-0.25, -0.2) is 4.39 Å². The van der Waals surface area contributed by atoms with Crippen LogP contribution in [0.3, 0.4) is 0 Å². The fourth-order valence-corrected chi connectivity index (χ4v) is 2.14. The number of hydrogen-bond acceptors (Lipinski definition) is 2. The fourth-order valence-electron chi connectivity index (χ4n) is 2.14. The zero-order valence-corrected chi connectivity index (χ0v) is 13.2. The molecule has 1 aromatic rings. The van der Waals surface area contributed by atoms with Crippen LogP contribution in [0.2, 0.25) is 0 Å². The van der Waals surface area contributed by atoms with Crippen molar-refractivity contribution < 1.29 is 4.39 Å². The molecule has 0 amide bonds. The van der Waals surface area contributed by atoms with Gasteiger partial charge in [-0.1, -0.05) is 20.8 Å². The monoisotopic (exact) mass is 266 g/mol. The van der Waals surface area contributed by atoms with Gasteiger partial charge in [0.2, 0.25) is 0 Å². The van der Waals surface area contributed by atoms with Crippen molar-refractivity contribution in [2.75, 3.05) is 11.9 Å². The van der Waals surface area contributed by atoms with Gasteiger partial charge in [0, 0.05) is 24.8 Å². The van der Waals surface area contributed by atoms with Gasteiger partial charge in [-0.15, -0.1) is 0 Å². The lowest BCUT2D eigenvalue weighted by atomic mass is 9.86. The Morgan fingerprint density at radius 2 is 1.74 bits per heavy atom. The van der Waals surface area contributed by atoms with Gasteiger partial charge in [-0.2, -0.15) is 0 Å². The molecule has 0 aliphatic rings. The van der Waals surface area contributed by atoms with Crippen molar-refractivity contribution in [3.8, 4) is 0 Å². The Kier molecular flexibility index (Phi) is 4.62. The molecule has 0 saturated carbocycles. The van der Waals surface area contributed by atoms with E-state index >= 15 is 0 Å². The summed E-state index contributed by atoms with van der Waals surface area (Å²) in [5.41, 5.74) is 8.68. The van der Waals surface area contributed by atoms with E-state index in [9.17, 15) is 4.39 Å². The van der Waals surface area contributed by atoms with E-state index in [0.29, 0.717) is 11.6 Å². The van der Waals surface area contributed by atoms with Gasteiger partial charge >= 0.3 is 0 Å². The largest absolute Gasteiger partial charge is 0.371 e. The van der Waals surface area contributed by atoms with Crippen LogP contribution in [0.15, 0.2) is 12.1 Å². The maximum atomic E-state index is 13.7. The first-order chi connectivity index (χ1) is 8.55. The number of nitrogens with zero attached hydrogens (tertiary/aromatic N) is 1. The summed E-state index contributed by atoms with van der Waals surface area (Å²) in [7, 11) is 2.05. The number of anilines is 1. The topological polar surface area (TPSA) is 29.3 Å². The lowest BCUT2D eigenvalue weighted by molar-refractivity contribution is 0.329. The Morgan fingerprint density at radius 3 is 2.16 bits per heavy atom. The third-order valence-corrected chi connectivity index (χ3v) is 4.01. The van der Waals surface area contributed by atoms with Crippen molar-refractivity contribution in [3.63, 3.8) is 0 Å². The van der Waals surface area contributed by atoms with Gasteiger partial charge in [0.25, 0.3) is 0 Å². The van der Waals surface area contributed by atoms with Crippen molar-refractivity contribution >= 4 is 5.69 Å². The third kappa shape index (κ3) is 3.47. The molecule has 2 N–H and O–H groups in total. The molecule has 0 bridgehead atoms. The first-order valence-electron chi connectivity index (χ1n) is 6.84. The maximum Gasteiger partial charge on any atom is 0.126 e. The van der Waals surface area contributed by atoms with Crippen LogP contribution in [0, 0.1) is 18.2 Å². The van der Waals surface area contributed by atoms with E-state index in [1.807, 2.05) is 13.0 Å². The predicted octanol–water partition coefficient (Wildman–Crippen LogP) is 4.02. The van der Waals surface area contributed by atoms with Gasteiger partial charge in [-0.3, -0.25) is 0 Å². The van der Waals surface area contributed by atoms with Crippen LogP contribution >= 0.6 is 0 Å². The Labute approximate surface area is 116 Å². The van der Waals surface area contributed by atoms with Crippen LogP contribution in [0.1, 0.15) is 51.8 Å². The van der Waals surface area contributed by atoms with Crippen LogP contribution < -0.4 is 10.6 Å². The molecule has 3 heteroatoms. The average Bonchev–Trinajstić information content (AvgIpc) is 2.28. The van der Waals surface area contributed by atoms with Gasteiger partial charge in [-0.05, 0) is 49.4 Å². The minimum atomic E-state index is -0.187. The van der Waals surface area contributed by atoms with Crippen LogP contribution in [-0.2, 0) is 0 Å². The molecule has 2 nitrogen and oxygen atoms in total. The number of benzene rings is 1. The highest BCUT2D eigenvalue weighted by molar-refractivity contribution is 5.57. The summed E-state index contributed by atoms with van der Waals surface area (Å²) in [6.07, 6.45) is 0. The van der Waals surface area contributed by atoms with Crippen LogP contribution in [-0.4, -0.2) is 13.1 Å². The van der Waals surface area contributed by atoms with Crippen molar-refractivity contribution in [2.24, 2.45) is 11.1 Å². The Balaban J connectivity index is 3.29. The standard InChI is InChI=1S/C16H27FN2/c1-10-8-15(13(11(2)18)9-14(10)17)19(7)12(3)16(4,5)6/h8-9,11-12H,18H2,1-7H3. The Morgan fingerprint density at radius 1 is 1.21 bits per heavy atom. The summed E-state index contributed by atoms with van der Waals surface area (Å²) in [5.74, 6) is -0.187. The number of halogens is 1. The van der Waals surface area contributed by atoms with Gasteiger partial charge in [0.15, 0.2) is 0 Å². The average molecular weight is 266 g/mol. The highest BCUT2D eigenvalue weighted by Crippen LogP contribution is 2.33. The molecule has 0 radical (unpaired) electrons. The smallest absolute Gasteiger partial charge is 0.126 e. The summed E-state index contributed by atoms with van der Waals surface area (Å²) in [5, 5.41) is 0. The molecule has 0 saturated heterocycles. The summed E-state index contributed by atoms with van der Waals surface area (Å²) < 4.78 is 13.7. The predicted molar refractivity (Wildman–Crippen MR) is 81.1 cm³/mol. The molecule has 0 aliphatic carbocycles. The highest BCUT2D eigenvalue weighted by atomic mass is 19.1. The summed E-state index contributed by atoms with van der Waals surface area (Å²) in [4.78, 5) is 2.20. The zero-order valence-electron chi connectivity index (χ0n) is 13.2. The molecule has 1 aromatic carbocycles. The number of rotatable bonds is 3. The van der Waals surface area contributed by atoms with Crippen molar-refractivity contribution in [2.45, 2.75) is 53.6 Å². The number of hydrogen-bond donors (Lipinski definition) is 1. The SMILES string of the molecule is Cc1cc(N(C)C(C)C(C)(C)C)c(C(C)N)cc1F. The normalized spacial score (nSPS) is 15.2. The maximum absolute atomic E-state index is 13.7. The van der Waals surface area contributed by atoms with E-state index in [4.69, 9.17) is 5.73 Å². The van der Waals surface area contributed by atoms with E-state index in [0.717, 1.165) is 11.3 Å². The molecule has 0 fully saturated rings. The van der Waals surface area contributed by atoms with Crippen LogP contribution in [0.25, 0.3) is 0 Å². The van der Waals surface area contributed by atoms with Crippen molar-refractivity contribution in [3.05, 3.63) is 29.1 Å². The van der Waals surface area contributed by atoms with Crippen molar-refractivity contribution in [1.29, 1.82) is 0 Å². The molecular formula is C16H27FN2. The molecule has 0 spiro atoms. The first kappa shape index (κ1) is 16.0. The second-order valence-corrected chi connectivity index (χ2v) is 6.60. The van der Waals surface area contributed by atoms with Crippen LogP contribution in [0.4, 0.5) is 10.1 Å². The molecule has 0 aliphatic heterocycles. The minimum absolute atomic E-state index is 0.145. The molecule has 2 atom stereocenters. The van der Waals surface area contributed by atoms with Crippen LogP contribution in [0.5, 0.6) is 0 Å². The molecule has 1 rings (SSSR count). The fraction of sp³-hybridized carbons (Fsp3) is 0.625. The highest BCUT2D eigenvalue weighted by Gasteiger charge is 2.26. The van der Waals surface area contributed by atoms with Crippen molar-refractivity contribution in [1.82, 2.24) is 0 Å². The van der Waals surface area contributed by atoms with Gasteiger partial charge in [0.05, 0.1) is 0 Å². The zero-order chi connectivity index (χ0) is 15.0. The summed E-state index contributed by atoms with van der Waals surface area (Å²) >= 11 is 0. The molecule has 2 unspecified atom stereocenters. The minimum Gasteiger partial charge on any atom is -0.371 e. The summed E-state index contributed by atoms with van der Waals surface area (Å²) in [6, 6.07) is 3.62. The van der Waals surface area contributed by atoms with E-state index in [1.54, 1.807) is 13.0 Å². The van der Waals surface area contributed by atoms with Gasteiger partial charge in [0.1, 0.15) is 5.82 Å². The van der Waals surface area contributed by atoms with E-state index in [-0.39, 0.29) is 17.3 Å². The van der Waals surface area contributed by atoms with Gasteiger partial charge < -0.3 is 10.6 Å². The second-order valence-electron chi connectivity index (χ2n) is 6.60. The third-order valence-electron chi connectivity index (χ3n) is 4.01. The lowest BCUT2D eigenvalue weighted by Gasteiger charge is -2.38. The Bertz CT molecular complexity index is 447. The number of aryl methyl sites for hydroxylation is 1. The Hall–Kier alpha value is -1.09. The summed E-state index contributed by atoms with van der Waals surface area (Å²) in [6.45, 7) is 12.5.